The predicted molar refractivity (Wildman–Crippen MR) is 132 cm³/mol. The maximum Gasteiger partial charge on any atom is 0.295 e. The van der Waals surface area contributed by atoms with Gasteiger partial charge in [-0.15, -0.1) is 0 Å². The van der Waals surface area contributed by atoms with E-state index in [-0.39, 0.29) is 5.91 Å². The highest BCUT2D eigenvalue weighted by Crippen LogP contribution is 2.30. The number of hydrogen-bond acceptors (Lipinski definition) is 5. The van der Waals surface area contributed by atoms with E-state index in [9.17, 15) is 14.4 Å². The van der Waals surface area contributed by atoms with Gasteiger partial charge in [-0.25, -0.2) is 0 Å². The number of nitrogens with zero attached hydrogens (tertiary/aromatic N) is 4. The van der Waals surface area contributed by atoms with E-state index in [0.29, 0.717) is 53.9 Å². The number of H-pyrrole nitrogens is 1. The molecule has 4 aromatic rings. The van der Waals surface area contributed by atoms with Crippen molar-refractivity contribution in [2.45, 2.75) is 13.8 Å². The van der Waals surface area contributed by atoms with E-state index in [1.807, 2.05) is 44.2 Å². The van der Waals surface area contributed by atoms with E-state index in [1.54, 1.807) is 35.6 Å². The first-order chi connectivity index (χ1) is 16.9. The second-order valence-electron chi connectivity index (χ2n) is 8.71. The highest BCUT2D eigenvalue weighted by molar-refractivity contribution is 6.45. The highest BCUT2D eigenvalue weighted by atomic mass is 16.2. The Kier molecular flexibility index (Phi) is 5.86. The standard InChI is InChI=1S/C27H25N5O3/c1-17-14-29-23(20-9-8-18(2)28-15-20)24-22(17)21(16-30-24)25(33)27(35)32-12-10-31(11-13-32)26(34)19-6-4-3-5-7-19/h3-9,14-16,30H,10-13H2,1-2H3. The number of ketones is 1. The van der Waals surface area contributed by atoms with Gasteiger partial charge in [0.25, 0.3) is 17.6 Å². The van der Waals surface area contributed by atoms with Gasteiger partial charge in [-0.3, -0.25) is 24.4 Å². The minimum atomic E-state index is -0.568. The van der Waals surface area contributed by atoms with Crippen LogP contribution in [0.15, 0.2) is 61.1 Å². The summed E-state index contributed by atoms with van der Waals surface area (Å²) in [5, 5.41) is 0.687. The molecule has 0 unspecified atom stereocenters. The third kappa shape index (κ3) is 4.19. The van der Waals surface area contributed by atoms with Crippen LogP contribution in [0, 0.1) is 13.8 Å². The Labute approximate surface area is 202 Å². The number of amides is 2. The lowest BCUT2D eigenvalue weighted by Crippen LogP contribution is -2.52. The largest absolute Gasteiger partial charge is 0.359 e. The molecule has 5 rings (SSSR count). The minimum Gasteiger partial charge on any atom is -0.359 e. The van der Waals surface area contributed by atoms with Gasteiger partial charge in [0.15, 0.2) is 0 Å². The number of benzene rings is 1. The number of carbonyl (C=O) groups is 3. The third-order valence-corrected chi connectivity index (χ3v) is 6.40. The Morgan fingerprint density at radius 1 is 0.857 bits per heavy atom. The lowest BCUT2D eigenvalue weighted by molar-refractivity contribution is -0.127. The molecular formula is C27H25N5O3. The number of piperazine rings is 1. The minimum absolute atomic E-state index is 0.0677. The van der Waals surface area contributed by atoms with Crippen LogP contribution < -0.4 is 0 Å². The number of fused-ring (bicyclic) bond motifs is 1. The predicted octanol–water partition coefficient (Wildman–Crippen LogP) is 3.41. The number of hydrogen-bond donors (Lipinski definition) is 1. The summed E-state index contributed by atoms with van der Waals surface area (Å²) < 4.78 is 0. The maximum absolute atomic E-state index is 13.3. The van der Waals surface area contributed by atoms with Gasteiger partial charge in [-0.05, 0) is 43.7 Å². The van der Waals surface area contributed by atoms with Gasteiger partial charge in [0, 0.05) is 67.0 Å². The van der Waals surface area contributed by atoms with Gasteiger partial charge in [-0.2, -0.15) is 0 Å². The summed E-state index contributed by atoms with van der Waals surface area (Å²) in [6.45, 7) is 5.17. The summed E-state index contributed by atoms with van der Waals surface area (Å²) in [4.78, 5) is 54.4. The molecule has 2 amide bonds. The zero-order chi connectivity index (χ0) is 24.5. The van der Waals surface area contributed by atoms with Crippen molar-refractivity contribution in [1.82, 2.24) is 24.8 Å². The molecule has 1 saturated heterocycles. The molecular weight excluding hydrogens is 442 g/mol. The van der Waals surface area contributed by atoms with E-state index in [1.165, 1.54) is 4.90 Å². The fraction of sp³-hybridized carbons (Fsp3) is 0.222. The Hall–Kier alpha value is -4.33. The molecule has 0 bridgehead atoms. The molecule has 176 valence electrons. The molecule has 0 saturated carbocycles. The Balaban J connectivity index is 1.35. The number of Topliss-reactive ketones (excluding diaryl/α,β-unsaturated/α-hetero) is 1. The summed E-state index contributed by atoms with van der Waals surface area (Å²) in [5.74, 6) is -1.20. The number of nitrogens with one attached hydrogen (secondary N) is 1. The fourth-order valence-electron chi connectivity index (χ4n) is 4.45. The topological polar surface area (TPSA) is 99.3 Å². The second-order valence-corrected chi connectivity index (χ2v) is 8.71. The molecule has 1 fully saturated rings. The molecule has 1 aliphatic heterocycles. The number of aromatic nitrogens is 3. The third-order valence-electron chi connectivity index (χ3n) is 6.40. The average Bonchev–Trinajstić information content (AvgIpc) is 3.35. The SMILES string of the molecule is Cc1ccc(-c2ncc(C)c3c(C(=O)C(=O)N4CCN(C(=O)c5ccccc5)CC4)c[nH]c23)cn1. The summed E-state index contributed by atoms with van der Waals surface area (Å²) in [5.41, 5.74) is 4.85. The quantitative estimate of drug-likeness (QED) is 0.366. The van der Waals surface area contributed by atoms with Gasteiger partial charge < -0.3 is 14.8 Å². The van der Waals surface area contributed by atoms with Crippen molar-refractivity contribution in [1.29, 1.82) is 0 Å². The summed E-state index contributed by atoms with van der Waals surface area (Å²) in [7, 11) is 0. The number of carbonyl (C=O) groups excluding carboxylic acids is 3. The van der Waals surface area contributed by atoms with E-state index in [2.05, 4.69) is 15.0 Å². The normalized spacial score (nSPS) is 13.8. The monoisotopic (exact) mass is 467 g/mol. The van der Waals surface area contributed by atoms with Crippen molar-refractivity contribution in [2.24, 2.45) is 0 Å². The Morgan fingerprint density at radius 2 is 1.57 bits per heavy atom. The molecule has 4 heterocycles. The van der Waals surface area contributed by atoms with Crippen LogP contribution >= 0.6 is 0 Å². The van der Waals surface area contributed by atoms with Crippen LogP contribution in [-0.2, 0) is 4.79 Å². The van der Waals surface area contributed by atoms with Crippen molar-refractivity contribution in [3.8, 4) is 11.3 Å². The van der Waals surface area contributed by atoms with Crippen LogP contribution in [0.5, 0.6) is 0 Å². The maximum atomic E-state index is 13.3. The fourth-order valence-corrected chi connectivity index (χ4v) is 4.45. The first-order valence-corrected chi connectivity index (χ1v) is 11.5. The van der Waals surface area contributed by atoms with Crippen LogP contribution in [0.25, 0.3) is 22.2 Å². The average molecular weight is 468 g/mol. The molecule has 8 heteroatoms. The summed E-state index contributed by atoms with van der Waals surface area (Å²) in [6, 6.07) is 12.9. The van der Waals surface area contributed by atoms with E-state index < -0.39 is 11.7 Å². The summed E-state index contributed by atoms with van der Waals surface area (Å²) >= 11 is 0. The molecule has 0 aliphatic carbocycles. The van der Waals surface area contributed by atoms with E-state index >= 15 is 0 Å². The molecule has 1 aliphatic rings. The Morgan fingerprint density at radius 3 is 2.26 bits per heavy atom. The van der Waals surface area contributed by atoms with Gasteiger partial charge in [0.05, 0.1) is 16.8 Å². The van der Waals surface area contributed by atoms with Gasteiger partial charge in [0.2, 0.25) is 0 Å². The van der Waals surface area contributed by atoms with Gasteiger partial charge >= 0.3 is 0 Å². The number of aryl methyl sites for hydroxylation is 2. The lowest BCUT2D eigenvalue weighted by atomic mass is 10.0. The molecule has 0 spiro atoms. The van der Waals surface area contributed by atoms with Crippen LogP contribution in [0.1, 0.15) is 32.0 Å². The highest BCUT2D eigenvalue weighted by Gasteiger charge is 2.30. The second kappa shape index (κ2) is 9.13. The molecule has 0 atom stereocenters. The van der Waals surface area contributed by atoms with Gasteiger partial charge in [0.1, 0.15) is 0 Å². The molecule has 35 heavy (non-hydrogen) atoms. The molecule has 8 nitrogen and oxygen atoms in total. The van der Waals surface area contributed by atoms with Crippen molar-refractivity contribution < 1.29 is 14.4 Å². The van der Waals surface area contributed by atoms with Crippen LogP contribution in [-0.4, -0.2) is 68.5 Å². The molecule has 1 N–H and O–H groups in total. The van der Waals surface area contributed by atoms with Crippen LogP contribution in [0.4, 0.5) is 0 Å². The van der Waals surface area contributed by atoms with Gasteiger partial charge in [-0.1, -0.05) is 18.2 Å². The zero-order valence-corrected chi connectivity index (χ0v) is 19.6. The van der Waals surface area contributed by atoms with Crippen molar-refractivity contribution >= 4 is 28.5 Å². The van der Waals surface area contributed by atoms with E-state index in [4.69, 9.17) is 0 Å². The van der Waals surface area contributed by atoms with Crippen LogP contribution in [0.3, 0.4) is 0 Å². The first kappa shape index (κ1) is 22.5. The molecule has 3 aromatic heterocycles. The van der Waals surface area contributed by atoms with Crippen molar-refractivity contribution in [3.05, 3.63) is 83.4 Å². The Bertz CT molecular complexity index is 1420. The smallest absolute Gasteiger partial charge is 0.295 e. The number of pyridine rings is 2. The first-order valence-electron chi connectivity index (χ1n) is 11.5. The number of rotatable bonds is 4. The van der Waals surface area contributed by atoms with Crippen LogP contribution in [0.2, 0.25) is 0 Å². The van der Waals surface area contributed by atoms with Crippen molar-refractivity contribution in [2.75, 3.05) is 26.2 Å². The molecule has 0 radical (unpaired) electrons. The number of aromatic amines is 1. The van der Waals surface area contributed by atoms with Crippen molar-refractivity contribution in [3.63, 3.8) is 0 Å². The zero-order valence-electron chi connectivity index (χ0n) is 19.6. The summed E-state index contributed by atoms with van der Waals surface area (Å²) in [6.07, 6.45) is 5.04. The molecule has 1 aromatic carbocycles. The lowest BCUT2D eigenvalue weighted by Gasteiger charge is -2.34. The van der Waals surface area contributed by atoms with E-state index in [0.717, 1.165) is 16.8 Å².